The van der Waals surface area contributed by atoms with Gasteiger partial charge in [-0.05, 0) is 5.21 Å². The van der Waals surface area contributed by atoms with Crippen LogP contribution >= 0.6 is 0 Å². The van der Waals surface area contributed by atoms with Crippen molar-refractivity contribution in [2.24, 2.45) is 7.05 Å². The van der Waals surface area contributed by atoms with Gasteiger partial charge in [-0.1, -0.05) is 0 Å². The summed E-state index contributed by atoms with van der Waals surface area (Å²) in [5.74, 6) is -0.171. The van der Waals surface area contributed by atoms with E-state index in [-0.39, 0.29) is 18.2 Å². The number of ether oxygens (including phenoxy) is 1. The highest BCUT2D eigenvalue weighted by Gasteiger charge is 2.10. The molecule has 6 heteroatoms. The molecule has 0 aliphatic carbocycles. The number of carbonyl (C=O) groups excluding carboxylic acids is 1. The van der Waals surface area contributed by atoms with E-state index in [1.54, 1.807) is 7.05 Å². The molecule has 0 N–H and O–H groups in total. The number of aromatic nitrogens is 4. The Balaban J connectivity index is 2.69. The summed E-state index contributed by atoms with van der Waals surface area (Å²) in [4.78, 5) is 12.2. The molecule has 1 aromatic heterocycles. The van der Waals surface area contributed by atoms with Crippen molar-refractivity contribution in [3.8, 4) is 0 Å². The first-order chi connectivity index (χ1) is 5.24. The number of ketones is 1. The maximum atomic E-state index is 11.0. The van der Waals surface area contributed by atoms with Gasteiger partial charge in [-0.25, -0.2) is 0 Å². The lowest BCUT2D eigenvalue weighted by Gasteiger charge is -1.89. The highest BCUT2D eigenvalue weighted by molar-refractivity contribution is 5.93. The molecule has 1 aromatic rings. The molecule has 60 valence electrons. The average molecular weight is 156 g/mol. The van der Waals surface area contributed by atoms with E-state index < -0.39 is 0 Å². The first kappa shape index (κ1) is 7.80. The Morgan fingerprint density at radius 2 is 2.45 bits per heavy atom. The lowest BCUT2D eigenvalue weighted by Crippen LogP contribution is -2.09. The molecule has 0 amide bonds. The Morgan fingerprint density at radius 1 is 1.73 bits per heavy atom. The summed E-state index contributed by atoms with van der Waals surface area (Å²) in [5, 5.41) is 10.7. The number of methoxy groups -OCH3 is 1. The van der Waals surface area contributed by atoms with Gasteiger partial charge in [0.2, 0.25) is 11.6 Å². The first-order valence-corrected chi connectivity index (χ1v) is 3.00. The molecule has 1 rings (SSSR count). The van der Waals surface area contributed by atoms with Gasteiger partial charge >= 0.3 is 0 Å². The predicted octanol–water partition coefficient (Wildman–Crippen LogP) is -0.961. The van der Waals surface area contributed by atoms with E-state index in [4.69, 9.17) is 0 Å². The van der Waals surface area contributed by atoms with Gasteiger partial charge in [0.05, 0.1) is 7.05 Å². The van der Waals surface area contributed by atoms with Gasteiger partial charge in [-0.3, -0.25) is 4.79 Å². The first-order valence-electron chi connectivity index (χ1n) is 3.00. The van der Waals surface area contributed by atoms with Crippen molar-refractivity contribution in [1.29, 1.82) is 0 Å². The second-order valence-corrected chi connectivity index (χ2v) is 1.96. The Labute approximate surface area is 63.1 Å². The van der Waals surface area contributed by atoms with Crippen LogP contribution in [0.1, 0.15) is 10.6 Å². The van der Waals surface area contributed by atoms with Gasteiger partial charge in [0.15, 0.2) is 0 Å². The third kappa shape index (κ3) is 1.81. The van der Waals surface area contributed by atoms with Crippen molar-refractivity contribution in [1.82, 2.24) is 20.2 Å². The number of aryl methyl sites for hydroxylation is 1. The molecule has 0 bridgehead atoms. The monoisotopic (exact) mass is 156 g/mol. The van der Waals surface area contributed by atoms with E-state index in [1.165, 1.54) is 11.9 Å². The van der Waals surface area contributed by atoms with Crippen LogP contribution in [-0.4, -0.2) is 39.7 Å². The summed E-state index contributed by atoms with van der Waals surface area (Å²) in [6.45, 7) is -0.00824. The second-order valence-electron chi connectivity index (χ2n) is 1.96. The lowest BCUT2D eigenvalue weighted by molar-refractivity contribution is 0.0837. The van der Waals surface area contributed by atoms with E-state index in [2.05, 4.69) is 20.1 Å². The molecule has 0 spiro atoms. The topological polar surface area (TPSA) is 69.9 Å². The van der Waals surface area contributed by atoms with Crippen LogP contribution < -0.4 is 0 Å². The van der Waals surface area contributed by atoms with Crippen molar-refractivity contribution in [2.75, 3.05) is 13.7 Å². The van der Waals surface area contributed by atoms with Crippen LogP contribution in [-0.2, 0) is 11.8 Å². The minimum atomic E-state index is -0.263. The largest absolute Gasteiger partial charge is 0.376 e. The van der Waals surface area contributed by atoms with Gasteiger partial charge < -0.3 is 4.74 Å². The molecule has 11 heavy (non-hydrogen) atoms. The fourth-order valence-electron chi connectivity index (χ4n) is 0.591. The van der Waals surface area contributed by atoms with Crippen LogP contribution in [0.15, 0.2) is 0 Å². The van der Waals surface area contributed by atoms with Crippen molar-refractivity contribution in [2.45, 2.75) is 0 Å². The number of rotatable bonds is 3. The van der Waals surface area contributed by atoms with Crippen LogP contribution in [0.4, 0.5) is 0 Å². The molecule has 0 saturated carbocycles. The number of hydrogen-bond acceptors (Lipinski definition) is 5. The number of carbonyl (C=O) groups is 1. The molecule has 0 aliphatic heterocycles. The molecule has 0 aromatic carbocycles. The molecular weight excluding hydrogens is 148 g/mol. The van der Waals surface area contributed by atoms with Crippen LogP contribution in [0.5, 0.6) is 0 Å². The van der Waals surface area contributed by atoms with Gasteiger partial charge in [0.25, 0.3) is 0 Å². The highest BCUT2D eigenvalue weighted by Crippen LogP contribution is 1.87. The van der Waals surface area contributed by atoms with Crippen LogP contribution in [0.2, 0.25) is 0 Å². The smallest absolute Gasteiger partial charge is 0.242 e. The minimum absolute atomic E-state index is 0.00824. The summed E-state index contributed by atoms with van der Waals surface area (Å²) in [5.41, 5.74) is 0. The molecule has 0 atom stereocenters. The van der Waals surface area contributed by atoms with Crippen molar-refractivity contribution in [3.63, 3.8) is 0 Å². The zero-order valence-electron chi connectivity index (χ0n) is 6.31. The van der Waals surface area contributed by atoms with E-state index in [0.717, 1.165) is 0 Å². The van der Waals surface area contributed by atoms with E-state index in [0.29, 0.717) is 0 Å². The number of nitrogens with zero attached hydrogens (tertiary/aromatic N) is 4. The standard InChI is InChI=1S/C5H8N4O2/c1-9-7-5(6-8-9)4(10)3-11-2/h3H2,1-2H3. The van der Waals surface area contributed by atoms with Crippen LogP contribution in [0.25, 0.3) is 0 Å². The van der Waals surface area contributed by atoms with E-state index in [9.17, 15) is 4.79 Å². The van der Waals surface area contributed by atoms with Crippen molar-refractivity contribution >= 4 is 5.78 Å². The van der Waals surface area contributed by atoms with Crippen molar-refractivity contribution < 1.29 is 9.53 Å². The van der Waals surface area contributed by atoms with Crippen LogP contribution in [0, 0.1) is 0 Å². The second kappa shape index (κ2) is 3.20. The highest BCUT2D eigenvalue weighted by atomic mass is 16.5. The number of Topliss-reactive ketones (excluding diaryl/α,β-unsaturated/α-hetero) is 1. The predicted molar refractivity (Wildman–Crippen MR) is 35.0 cm³/mol. The molecule has 0 saturated heterocycles. The Bertz CT molecular complexity index is 257. The average Bonchev–Trinajstić information content (AvgIpc) is 2.36. The summed E-state index contributed by atoms with van der Waals surface area (Å²) in [6, 6.07) is 0. The molecule has 0 aliphatic rings. The normalized spacial score (nSPS) is 10.0. The SMILES string of the molecule is COCC(=O)c1nnn(C)n1. The summed E-state index contributed by atoms with van der Waals surface area (Å²) < 4.78 is 4.60. The number of hydrogen-bond donors (Lipinski definition) is 0. The molecule has 0 unspecified atom stereocenters. The maximum Gasteiger partial charge on any atom is 0.242 e. The molecule has 0 fully saturated rings. The fraction of sp³-hybridized carbons (Fsp3) is 0.600. The zero-order valence-corrected chi connectivity index (χ0v) is 6.31. The zero-order chi connectivity index (χ0) is 8.27. The third-order valence-electron chi connectivity index (χ3n) is 1.03. The van der Waals surface area contributed by atoms with Gasteiger partial charge in [0.1, 0.15) is 6.61 Å². The molecule has 0 radical (unpaired) electrons. The molecule has 6 nitrogen and oxygen atoms in total. The summed E-state index contributed by atoms with van der Waals surface area (Å²) in [6.07, 6.45) is 0. The van der Waals surface area contributed by atoms with Gasteiger partial charge in [-0.15, -0.1) is 10.2 Å². The quantitative estimate of drug-likeness (QED) is 0.527. The third-order valence-corrected chi connectivity index (χ3v) is 1.03. The minimum Gasteiger partial charge on any atom is -0.376 e. The Kier molecular flexibility index (Phi) is 2.27. The van der Waals surface area contributed by atoms with E-state index >= 15 is 0 Å². The van der Waals surface area contributed by atoms with Crippen LogP contribution in [0.3, 0.4) is 0 Å². The molecular formula is C5H8N4O2. The Morgan fingerprint density at radius 3 is 2.91 bits per heavy atom. The Hall–Kier alpha value is -1.30. The van der Waals surface area contributed by atoms with Crippen molar-refractivity contribution in [3.05, 3.63) is 5.82 Å². The lowest BCUT2D eigenvalue weighted by atomic mass is 10.4. The maximum absolute atomic E-state index is 11.0. The number of tetrazole rings is 1. The summed E-state index contributed by atoms with van der Waals surface area (Å²) in [7, 11) is 3.03. The van der Waals surface area contributed by atoms with Gasteiger partial charge in [-0.2, -0.15) is 4.80 Å². The van der Waals surface area contributed by atoms with E-state index in [1.807, 2.05) is 0 Å². The fourth-order valence-corrected chi connectivity index (χ4v) is 0.591. The van der Waals surface area contributed by atoms with Gasteiger partial charge in [0, 0.05) is 7.11 Å². The molecule has 1 heterocycles. The summed E-state index contributed by atoms with van der Waals surface area (Å²) >= 11 is 0.